The van der Waals surface area contributed by atoms with E-state index in [-0.39, 0.29) is 0 Å². The van der Waals surface area contributed by atoms with Crippen molar-refractivity contribution in [3.8, 4) is 0 Å². The maximum absolute atomic E-state index is 11.5. The molecular weight excluding hydrogens is 372 g/mol. The monoisotopic (exact) mass is 388 g/mol. The molecule has 0 bridgehead atoms. The van der Waals surface area contributed by atoms with Crippen LogP contribution in [0.15, 0.2) is 47.1 Å². The number of benzene rings is 2. The Morgan fingerprint density at radius 1 is 1.33 bits per heavy atom. The lowest BCUT2D eigenvalue weighted by Crippen LogP contribution is -2.13. The largest absolute Gasteiger partial charge is 0.450 e. The molecule has 124 valence electrons. The lowest BCUT2D eigenvalue weighted by molar-refractivity contribution is 0.168. The maximum atomic E-state index is 11.5. The summed E-state index contributed by atoms with van der Waals surface area (Å²) in [5.41, 5.74) is 3.69. The number of halogens is 1. The van der Waals surface area contributed by atoms with Crippen LogP contribution in [0.5, 0.6) is 0 Å². The standard InChI is InChI=1S/C17H17BrN4O2/c1-2-24-17(23)21-13-5-3-4-11(6-13)9-19-15-7-12(18)8-16-14(15)10-20-22-16/h3-8,10,19H,2,9H2,1H3,(H,20,22)(H,21,23). The van der Waals surface area contributed by atoms with E-state index in [4.69, 9.17) is 4.74 Å². The fourth-order valence-electron chi connectivity index (χ4n) is 2.40. The molecule has 1 amide bonds. The van der Waals surface area contributed by atoms with Crippen molar-refractivity contribution < 1.29 is 9.53 Å². The molecule has 0 fully saturated rings. The van der Waals surface area contributed by atoms with Crippen molar-refractivity contribution in [1.29, 1.82) is 0 Å². The third kappa shape index (κ3) is 3.86. The molecule has 6 nitrogen and oxygen atoms in total. The summed E-state index contributed by atoms with van der Waals surface area (Å²) in [6.45, 7) is 2.74. The van der Waals surface area contributed by atoms with Crippen molar-refractivity contribution in [2.24, 2.45) is 0 Å². The average molecular weight is 389 g/mol. The molecule has 0 spiro atoms. The van der Waals surface area contributed by atoms with Crippen molar-refractivity contribution in [2.45, 2.75) is 13.5 Å². The van der Waals surface area contributed by atoms with Gasteiger partial charge in [0.25, 0.3) is 0 Å². The van der Waals surface area contributed by atoms with Gasteiger partial charge in [-0.2, -0.15) is 5.10 Å². The quantitative estimate of drug-likeness (QED) is 0.600. The van der Waals surface area contributed by atoms with Crippen molar-refractivity contribution in [3.05, 3.63) is 52.6 Å². The molecule has 0 aliphatic carbocycles. The zero-order chi connectivity index (χ0) is 16.9. The number of rotatable bonds is 5. The highest BCUT2D eigenvalue weighted by Gasteiger charge is 2.06. The molecule has 0 saturated carbocycles. The van der Waals surface area contributed by atoms with Crippen molar-refractivity contribution in [3.63, 3.8) is 0 Å². The number of nitrogens with zero attached hydrogens (tertiary/aromatic N) is 1. The van der Waals surface area contributed by atoms with E-state index in [9.17, 15) is 4.79 Å². The highest BCUT2D eigenvalue weighted by atomic mass is 79.9. The molecular formula is C17H17BrN4O2. The van der Waals surface area contributed by atoms with Crippen LogP contribution in [-0.2, 0) is 11.3 Å². The van der Waals surface area contributed by atoms with Crippen LogP contribution in [0.1, 0.15) is 12.5 Å². The summed E-state index contributed by atoms with van der Waals surface area (Å²) in [6, 6.07) is 11.6. The van der Waals surface area contributed by atoms with E-state index in [1.54, 1.807) is 13.1 Å². The van der Waals surface area contributed by atoms with Crippen LogP contribution >= 0.6 is 15.9 Å². The Hall–Kier alpha value is -2.54. The summed E-state index contributed by atoms with van der Waals surface area (Å²) >= 11 is 3.50. The van der Waals surface area contributed by atoms with Gasteiger partial charge in [0.05, 0.1) is 18.3 Å². The van der Waals surface area contributed by atoms with Crippen LogP contribution in [0.25, 0.3) is 10.9 Å². The minimum absolute atomic E-state index is 0.344. The van der Waals surface area contributed by atoms with Gasteiger partial charge in [-0.05, 0) is 36.8 Å². The molecule has 3 rings (SSSR count). The molecule has 0 atom stereocenters. The van der Waals surface area contributed by atoms with Crippen LogP contribution < -0.4 is 10.6 Å². The lowest BCUT2D eigenvalue weighted by Gasteiger charge is -2.10. The number of ether oxygens (including phenoxy) is 1. The van der Waals surface area contributed by atoms with E-state index in [0.717, 1.165) is 26.6 Å². The van der Waals surface area contributed by atoms with Gasteiger partial charge in [0, 0.05) is 27.8 Å². The van der Waals surface area contributed by atoms with Crippen molar-refractivity contribution in [1.82, 2.24) is 10.2 Å². The zero-order valence-corrected chi connectivity index (χ0v) is 14.7. The molecule has 0 radical (unpaired) electrons. The second kappa shape index (κ2) is 7.35. The first-order chi connectivity index (χ1) is 11.7. The molecule has 1 heterocycles. The van der Waals surface area contributed by atoms with Crippen LogP contribution in [0.3, 0.4) is 0 Å². The van der Waals surface area contributed by atoms with Crippen LogP contribution in [0.4, 0.5) is 16.2 Å². The van der Waals surface area contributed by atoms with E-state index in [1.165, 1.54) is 0 Å². The number of carbonyl (C=O) groups excluding carboxylic acids is 1. The van der Waals surface area contributed by atoms with Crippen molar-refractivity contribution in [2.75, 3.05) is 17.2 Å². The van der Waals surface area contributed by atoms with Crippen LogP contribution in [-0.4, -0.2) is 22.9 Å². The smallest absolute Gasteiger partial charge is 0.411 e. The Balaban J connectivity index is 1.72. The predicted molar refractivity (Wildman–Crippen MR) is 98.2 cm³/mol. The third-order valence-corrected chi connectivity index (χ3v) is 3.91. The van der Waals surface area contributed by atoms with Gasteiger partial charge in [-0.1, -0.05) is 28.1 Å². The van der Waals surface area contributed by atoms with Gasteiger partial charge < -0.3 is 10.1 Å². The van der Waals surface area contributed by atoms with E-state index >= 15 is 0 Å². The lowest BCUT2D eigenvalue weighted by atomic mass is 10.1. The molecule has 0 aliphatic heterocycles. The molecule has 0 unspecified atom stereocenters. The average Bonchev–Trinajstić information content (AvgIpc) is 3.01. The molecule has 3 N–H and O–H groups in total. The Kier molecular flexibility index (Phi) is 5.00. The molecule has 7 heteroatoms. The Bertz CT molecular complexity index is 863. The normalized spacial score (nSPS) is 10.6. The molecule has 1 aromatic heterocycles. The SMILES string of the molecule is CCOC(=O)Nc1cccc(CNc2cc(Br)cc3[nH]ncc23)c1. The first kappa shape index (κ1) is 16.3. The summed E-state index contributed by atoms with van der Waals surface area (Å²) in [5.74, 6) is 0. The minimum atomic E-state index is -0.449. The number of aromatic nitrogens is 2. The first-order valence-corrected chi connectivity index (χ1v) is 8.34. The number of carbonyl (C=O) groups is 1. The molecule has 3 aromatic rings. The van der Waals surface area contributed by atoms with Crippen molar-refractivity contribution >= 4 is 44.3 Å². The number of amides is 1. The first-order valence-electron chi connectivity index (χ1n) is 7.55. The van der Waals surface area contributed by atoms with Gasteiger partial charge in [0.15, 0.2) is 0 Å². The summed E-state index contributed by atoms with van der Waals surface area (Å²) in [6.07, 6.45) is 1.35. The number of H-pyrrole nitrogens is 1. The highest BCUT2D eigenvalue weighted by Crippen LogP contribution is 2.27. The summed E-state index contributed by atoms with van der Waals surface area (Å²) < 4.78 is 5.86. The molecule has 2 aromatic carbocycles. The third-order valence-electron chi connectivity index (χ3n) is 3.46. The Morgan fingerprint density at radius 3 is 3.04 bits per heavy atom. The predicted octanol–water partition coefficient (Wildman–Crippen LogP) is 4.51. The maximum Gasteiger partial charge on any atom is 0.411 e. The van der Waals surface area contributed by atoms with Gasteiger partial charge in [-0.3, -0.25) is 10.4 Å². The molecule has 24 heavy (non-hydrogen) atoms. The van der Waals surface area contributed by atoms with E-state index in [1.807, 2.05) is 36.4 Å². The second-order valence-corrected chi connectivity index (χ2v) is 6.10. The van der Waals surface area contributed by atoms with Gasteiger partial charge in [0.1, 0.15) is 0 Å². The van der Waals surface area contributed by atoms with Gasteiger partial charge >= 0.3 is 6.09 Å². The second-order valence-electron chi connectivity index (χ2n) is 5.18. The number of hydrogen-bond acceptors (Lipinski definition) is 4. The topological polar surface area (TPSA) is 79.0 Å². The Labute approximate surface area is 147 Å². The van der Waals surface area contributed by atoms with Crippen LogP contribution in [0.2, 0.25) is 0 Å². The number of aromatic amines is 1. The summed E-state index contributed by atoms with van der Waals surface area (Å²) in [7, 11) is 0. The fraction of sp³-hybridized carbons (Fsp3) is 0.176. The number of fused-ring (bicyclic) bond motifs is 1. The number of anilines is 2. The highest BCUT2D eigenvalue weighted by molar-refractivity contribution is 9.10. The number of nitrogens with one attached hydrogen (secondary N) is 3. The zero-order valence-electron chi connectivity index (χ0n) is 13.1. The van der Waals surface area contributed by atoms with Gasteiger partial charge in [0.2, 0.25) is 0 Å². The van der Waals surface area contributed by atoms with Crippen LogP contribution in [0, 0.1) is 0 Å². The summed E-state index contributed by atoms with van der Waals surface area (Å²) in [4.78, 5) is 11.5. The van der Waals surface area contributed by atoms with E-state index in [2.05, 4.69) is 36.8 Å². The number of hydrogen-bond donors (Lipinski definition) is 3. The molecule has 0 aliphatic rings. The fourth-order valence-corrected chi connectivity index (χ4v) is 2.86. The van der Waals surface area contributed by atoms with E-state index < -0.39 is 6.09 Å². The van der Waals surface area contributed by atoms with Gasteiger partial charge in [-0.25, -0.2) is 4.79 Å². The summed E-state index contributed by atoms with van der Waals surface area (Å²) in [5, 5.41) is 14.2. The Morgan fingerprint density at radius 2 is 2.21 bits per heavy atom. The molecule has 0 saturated heterocycles. The minimum Gasteiger partial charge on any atom is -0.450 e. The van der Waals surface area contributed by atoms with E-state index in [0.29, 0.717) is 18.8 Å². The van der Waals surface area contributed by atoms with Gasteiger partial charge in [-0.15, -0.1) is 0 Å².